The highest BCUT2D eigenvalue weighted by molar-refractivity contribution is 5.95. The Morgan fingerprint density at radius 3 is 2.60 bits per heavy atom. The molecule has 1 aromatic rings. The maximum Gasteiger partial charge on any atom is 0.416 e. The normalized spacial score (nSPS) is 17.1. The van der Waals surface area contributed by atoms with Gasteiger partial charge in [-0.1, -0.05) is 12.1 Å². The minimum absolute atomic E-state index is 0.269. The zero-order valence-electron chi connectivity index (χ0n) is 10.8. The van der Waals surface area contributed by atoms with Crippen LogP contribution in [0.5, 0.6) is 0 Å². The van der Waals surface area contributed by atoms with Crippen LogP contribution in [0.3, 0.4) is 0 Å². The molecule has 1 heterocycles. The van der Waals surface area contributed by atoms with Gasteiger partial charge in [-0.2, -0.15) is 13.2 Å². The minimum atomic E-state index is -4.40. The van der Waals surface area contributed by atoms with Gasteiger partial charge in [-0.15, -0.1) is 0 Å². The smallest absolute Gasteiger partial charge is 0.389 e. The number of alkyl halides is 3. The van der Waals surface area contributed by atoms with Gasteiger partial charge in [-0.05, 0) is 30.2 Å². The third-order valence-electron chi connectivity index (χ3n) is 3.16. The molecule has 0 saturated carbocycles. The van der Waals surface area contributed by atoms with Gasteiger partial charge in [0.1, 0.15) is 0 Å². The van der Waals surface area contributed by atoms with Crippen LogP contribution in [0, 0.1) is 0 Å². The average Bonchev–Trinajstić information content (AvgIpc) is 2.34. The molecule has 0 radical (unpaired) electrons. The SMILES string of the molecule is C/C(=C/C(=O)N1CC(O)C1)c1cccc(C(F)(F)F)c1. The van der Waals surface area contributed by atoms with E-state index in [0.717, 1.165) is 12.1 Å². The lowest BCUT2D eigenvalue weighted by atomic mass is 10.0. The van der Waals surface area contributed by atoms with Crippen molar-refractivity contribution in [2.75, 3.05) is 13.1 Å². The summed E-state index contributed by atoms with van der Waals surface area (Å²) in [4.78, 5) is 13.2. The van der Waals surface area contributed by atoms with E-state index < -0.39 is 17.8 Å². The van der Waals surface area contributed by atoms with Gasteiger partial charge >= 0.3 is 6.18 Å². The second-order valence-electron chi connectivity index (χ2n) is 4.80. The highest BCUT2D eigenvalue weighted by atomic mass is 19.4. The highest BCUT2D eigenvalue weighted by Crippen LogP contribution is 2.30. The van der Waals surface area contributed by atoms with Gasteiger partial charge in [0, 0.05) is 19.2 Å². The summed E-state index contributed by atoms with van der Waals surface area (Å²) in [5, 5.41) is 9.10. The van der Waals surface area contributed by atoms with Gasteiger partial charge in [0.2, 0.25) is 5.91 Å². The molecule has 0 bridgehead atoms. The Morgan fingerprint density at radius 2 is 2.05 bits per heavy atom. The molecule has 1 aliphatic heterocycles. The van der Waals surface area contributed by atoms with Crippen LogP contribution in [0.15, 0.2) is 30.3 Å². The summed E-state index contributed by atoms with van der Waals surface area (Å²) in [5.74, 6) is -0.301. The van der Waals surface area contributed by atoms with Gasteiger partial charge in [0.05, 0.1) is 11.7 Å². The molecule has 20 heavy (non-hydrogen) atoms. The lowest BCUT2D eigenvalue weighted by Crippen LogP contribution is -2.53. The van der Waals surface area contributed by atoms with E-state index in [-0.39, 0.29) is 19.0 Å². The third kappa shape index (κ3) is 3.19. The Morgan fingerprint density at radius 1 is 1.40 bits per heavy atom. The Bertz CT molecular complexity index is 546. The summed E-state index contributed by atoms with van der Waals surface area (Å²) in [6.07, 6.45) is -3.61. The van der Waals surface area contributed by atoms with Crippen molar-refractivity contribution in [1.82, 2.24) is 4.90 Å². The molecule has 1 amide bonds. The molecule has 0 spiro atoms. The minimum Gasteiger partial charge on any atom is -0.389 e. The Hall–Kier alpha value is -1.82. The third-order valence-corrected chi connectivity index (χ3v) is 3.16. The molecule has 1 fully saturated rings. The number of benzene rings is 1. The van der Waals surface area contributed by atoms with Gasteiger partial charge in [0.15, 0.2) is 0 Å². The van der Waals surface area contributed by atoms with Crippen molar-refractivity contribution in [3.05, 3.63) is 41.5 Å². The van der Waals surface area contributed by atoms with Crippen LogP contribution in [-0.4, -0.2) is 35.1 Å². The van der Waals surface area contributed by atoms with Crippen LogP contribution >= 0.6 is 0 Å². The first kappa shape index (κ1) is 14.6. The van der Waals surface area contributed by atoms with E-state index >= 15 is 0 Å². The van der Waals surface area contributed by atoms with Gasteiger partial charge in [-0.3, -0.25) is 4.79 Å². The van der Waals surface area contributed by atoms with Crippen molar-refractivity contribution in [3.63, 3.8) is 0 Å². The first-order valence-electron chi connectivity index (χ1n) is 6.10. The molecule has 1 aliphatic rings. The monoisotopic (exact) mass is 285 g/mol. The number of allylic oxidation sites excluding steroid dienone is 1. The van der Waals surface area contributed by atoms with E-state index in [1.54, 1.807) is 6.92 Å². The highest BCUT2D eigenvalue weighted by Gasteiger charge is 2.30. The van der Waals surface area contributed by atoms with Crippen LogP contribution < -0.4 is 0 Å². The number of halogens is 3. The van der Waals surface area contributed by atoms with Crippen LogP contribution in [0.25, 0.3) is 5.57 Å². The first-order valence-corrected chi connectivity index (χ1v) is 6.10. The number of carbonyl (C=O) groups is 1. The van der Waals surface area contributed by atoms with Crippen molar-refractivity contribution < 1.29 is 23.1 Å². The van der Waals surface area contributed by atoms with Crippen molar-refractivity contribution >= 4 is 11.5 Å². The number of amides is 1. The van der Waals surface area contributed by atoms with Crippen molar-refractivity contribution in [2.45, 2.75) is 19.2 Å². The van der Waals surface area contributed by atoms with Crippen LogP contribution in [0.4, 0.5) is 13.2 Å². The summed E-state index contributed by atoms with van der Waals surface area (Å²) >= 11 is 0. The lowest BCUT2D eigenvalue weighted by molar-refractivity contribution is -0.137. The largest absolute Gasteiger partial charge is 0.416 e. The van der Waals surface area contributed by atoms with Gasteiger partial charge in [0.25, 0.3) is 0 Å². The van der Waals surface area contributed by atoms with E-state index in [1.165, 1.54) is 23.1 Å². The van der Waals surface area contributed by atoms with E-state index in [9.17, 15) is 18.0 Å². The second kappa shape index (κ2) is 5.28. The molecule has 1 aromatic carbocycles. The van der Waals surface area contributed by atoms with E-state index in [2.05, 4.69) is 0 Å². The fourth-order valence-corrected chi connectivity index (χ4v) is 1.94. The number of nitrogens with zero attached hydrogens (tertiary/aromatic N) is 1. The molecule has 3 nitrogen and oxygen atoms in total. The maximum atomic E-state index is 12.6. The van der Waals surface area contributed by atoms with E-state index in [4.69, 9.17) is 5.11 Å². The zero-order chi connectivity index (χ0) is 14.9. The second-order valence-corrected chi connectivity index (χ2v) is 4.80. The average molecular weight is 285 g/mol. The Balaban J connectivity index is 2.16. The number of aliphatic hydroxyl groups excluding tert-OH is 1. The summed E-state index contributed by atoms with van der Waals surface area (Å²) in [6, 6.07) is 4.85. The molecule has 6 heteroatoms. The van der Waals surface area contributed by atoms with Crippen LogP contribution in [-0.2, 0) is 11.0 Å². The number of likely N-dealkylation sites (tertiary alicyclic amines) is 1. The van der Waals surface area contributed by atoms with Crippen LogP contribution in [0.2, 0.25) is 0 Å². The predicted molar refractivity (Wildman–Crippen MR) is 67.7 cm³/mol. The first-order chi connectivity index (χ1) is 9.27. The van der Waals surface area contributed by atoms with E-state index in [0.29, 0.717) is 11.1 Å². The summed E-state index contributed by atoms with van der Waals surface area (Å²) in [6.45, 7) is 2.13. The molecule has 0 atom stereocenters. The fraction of sp³-hybridized carbons (Fsp3) is 0.357. The van der Waals surface area contributed by atoms with Crippen LogP contribution in [0.1, 0.15) is 18.1 Å². The van der Waals surface area contributed by atoms with Crippen molar-refractivity contribution in [2.24, 2.45) is 0 Å². The zero-order valence-corrected chi connectivity index (χ0v) is 10.8. The summed E-state index contributed by atoms with van der Waals surface area (Å²) in [5.41, 5.74) is 0.0753. The number of rotatable bonds is 2. The fourth-order valence-electron chi connectivity index (χ4n) is 1.94. The van der Waals surface area contributed by atoms with Gasteiger partial charge < -0.3 is 10.0 Å². The Kier molecular flexibility index (Phi) is 3.85. The number of carbonyl (C=O) groups excluding carboxylic acids is 1. The molecule has 1 saturated heterocycles. The topological polar surface area (TPSA) is 40.5 Å². The molecule has 0 aromatic heterocycles. The molecule has 0 unspecified atom stereocenters. The maximum absolute atomic E-state index is 12.6. The van der Waals surface area contributed by atoms with Crippen molar-refractivity contribution in [3.8, 4) is 0 Å². The molecule has 1 N–H and O–H groups in total. The number of aliphatic hydroxyl groups is 1. The standard InChI is InChI=1S/C14H14F3NO2/c1-9(5-13(20)18-7-12(19)8-18)10-3-2-4-11(6-10)14(15,16)17/h2-6,12,19H,7-8H2,1H3/b9-5-. The lowest BCUT2D eigenvalue weighted by Gasteiger charge is -2.35. The molecule has 2 rings (SSSR count). The number of hydrogen-bond acceptors (Lipinski definition) is 2. The number of β-amino-alcohol motifs (C(OH)–C–C–N with tert-alkyl or cyclic N) is 1. The molecule has 0 aliphatic carbocycles. The molecule has 108 valence electrons. The van der Waals surface area contributed by atoms with Gasteiger partial charge in [-0.25, -0.2) is 0 Å². The Labute approximate surface area is 114 Å². The molecular weight excluding hydrogens is 271 g/mol. The quantitative estimate of drug-likeness (QED) is 0.847. The summed E-state index contributed by atoms with van der Waals surface area (Å²) < 4.78 is 37.8. The van der Waals surface area contributed by atoms with E-state index in [1.807, 2.05) is 0 Å². The predicted octanol–water partition coefficient (Wildman–Crippen LogP) is 2.31. The molecular formula is C14H14F3NO2. The summed E-state index contributed by atoms with van der Waals surface area (Å²) in [7, 11) is 0. The number of hydrogen-bond donors (Lipinski definition) is 1. The van der Waals surface area contributed by atoms with Crippen molar-refractivity contribution in [1.29, 1.82) is 0 Å².